The van der Waals surface area contributed by atoms with E-state index < -0.39 is 5.97 Å². The van der Waals surface area contributed by atoms with Crippen LogP contribution in [0.4, 0.5) is 0 Å². The Kier molecular flexibility index (Phi) is 7.06. The van der Waals surface area contributed by atoms with Crippen LogP contribution in [0.2, 0.25) is 0 Å². The fourth-order valence-corrected chi connectivity index (χ4v) is 1.63. The van der Waals surface area contributed by atoms with E-state index in [1.54, 1.807) is 24.3 Å². The van der Waals surface area contributed by atoms with Gasteiger partial charge in [-0.15, -0.1) is 0 Å². The second-order valence-corrected chi connectivity index (χ2v) is 5.91. The number of ether oxygens (including phenoxy) is 2. The number of benzene rings is 1. The van der Waals surface area contributed by atoms with Gasteiger partial charge in [0.1, 0.15) is 12.4 Å². The number of hydrogen-bond acceptors (Lipinski definition) is 4. The molecule has 0 fully saturated rings. The zero-order valence-corrected chi connectivity index (χ0v) is 13.8. The molecule has 0 aliphatic carbocycles. The van der Waals surface area contributed by atoms with Gasteiger partial charge in [-0.3, -0.25) is 4.79 Å². The van der Waals surface area contributed by atoms with Crippen LogP contribution in [0.25, 0.3) is 6.08 Å². The first-order valence-electron chi connectivity index (χ1n) is 7.30. The summed E-state index contributed by atoms with van der Waals surface area (Å²) in [5, 5.41) is 2.71. The highest BCUT2D eigenvalue weighted by molar-refractivity contribution is 5.89. The standard InChI is InChI=1S/C18H23NO4/c1-5-12-22-15-9-6-14(7-10-15)8-11-17(21)23-13-16(20)19-18(2,3)4/h5-11H,1,12-13H2,2-4H3,(H,19,20)/b11-8+. The van der Waals surface area contributed by atoms with Crippen LogP contribution >= 0.6 is 0 Å². The monoisotopic (exact) mass is 317 g/mol. The zero-order valence-electron chi connectivity index (χ0n) is 13.8. The molecule has 0 spiro atoms. The fraction of sp³-hybridized carbons (Fsp3) is 0.333. The van der Waals surface area contributed by atoms with E-state index in [0.717, 1.165) is 11.3 Å². The van der Waals surface area contributed by atoms with Crippen LogP contribution in [0.5, 0.6) is 5.75 Å². The van der Waals surface area contributed by atoms with E-state index in [1.165, 1.54) is 6.08 Å². The number of esters is 1. The molecule has 0 atom stereocenters. The quantitative estimate of drug-likeness (QED) is 0.477. The van der Waals surface area contributed by atoms with E-state index in [-0.39, 0.29) is 18.1 Å². The van der Waals surface area contributed by atoms with E-state index in [9.17, 15) is 9.59 Å². The van der Waals surface area contributed by atoms with E-state index >= 15 is 0 Å². The molecule has 1 N–H and O–H groups in total. The summed E-state index contributed by atoms with van der Waals surface area (Å²) in [5.74, 6) is -0.174. The summed E-state index contributed by atoms with van der Waals surface area (Å²) in [6.07, 6.45) is 4.56. The summed E-state index contributed by atoms with van der Waals surface area (Å²) in [6, 6.07) is 7.22. The normalized spacial score (nSPS) is 11.1. The first kappa shape index (κ1) is 18.5. The minimum Gasteiger partial charge on any atom is -0.490 e. The molecular formula is C18H23NO4. The third-order valence-electron chi connectivity index (χ3n) is 2.52. The number of carbonyl (C=O) groups excluding carboxylic acids is 2. The summed E-state index contributed by atoms with van der Waals surface area (Å²) in [6.45, 7) is 9.29. The van der Waals surface area contributed by atoms with Crippen LogP contribution in [0.15, 0.2) is 43.0 Å². The molecule has 124 valence electrons. The van der Waals surface area contributed by atoms with Crippen molar-refractivity contribution in [3.05, 3.63) is 48.6 Å². The number of hydrogen-bond donors (Lipinski definition) is 1. The van der Waals surface area contributed by atoms with Crippen molar-refractivity contribution in [3.63, 3.8) is 0 Å². The first-order chi connectivity index (χ1) is 10.8. The summed E-state index contributed by atoms with van der Waals surface area (Å²) in [5.41, 5.74) is 0.474. The summed E-state index contributed by atoms with van der Waals surface area (Å²) >= 11 is 0. The summed E-state index contributed by atoms with van der Waals surface area (Å²) in [4.78, 5) is 23.1. The van der Waals surface area contributed by atoms with Crippen LogP contribution in [0, 0.1) is 0 Å². The van der Waals surface area contributed by atoms with Crippen LogP contribution in [0.1, 0.15) is 26.3 Å². The van der Waals surface area contributed by atoms with Gasteiger partial charge >= 0.3 is 5.97 Å². The van der Waals surface area contributed by atoms with Crippen LogP contribution < -0.4 is 10.1 Å². The molecule has 1 aromatic rings. The molecule has 0 heterocycles. The van der Waals surface area contributed by atoms with Gasteiger partial charge < -0.3 is 14.8 Å². The predicted molar refractivity (Wildman–Crippen MR) is 90.0 cm³/mol. The molecule has 0 saturated carbocycles. The molecule has 1 amide bonds. The topological polar surface area (TPSA) is 64.6 Å². The lowest BCUT2D eigenvalue weighted by Gasteiger charge is -2.20. The van der Waals surface area contributed by atoms with Crippen molar-refractivity contribution in [1.29, 1.82) is 0 Å². The smallest absolute Gasteiger partial charge is 0.331 e. The molecule has 0 unspecified atom stereocenters. The Morgan fingerprint density at radius 2 is 1.87 bits per heavy atom. The molecule has 0 saturated heterocycles. The van der Waals surface area contributed by atoms with Crippen molar-refractivity contribution in [2.24, 2.45) is 0 Å². The van der Waals surface area contributed by atoms with Crippen molar-refractivity contribution >= 4 is 18.0 Å². The van der Waals surface area contributed by atoms with E-state index in [1.807, 2.05) is 32.9 Å². The summed E-state index contributed by atoms with van der Waals surface area (Å²) < 4.78 is 10.2. The van der Waals surface area contributed by atoms with Gasteiger partial charge in [0.2, 0.25) is 0 Å². The lowest BCUT2D eigenvalue weighted by Crippen LogP contribution is -2.42. The van der Waals surface area contributed by atoms with Gasteiger partial charge in [0, 0.05) is 11.6 Å². The molecule has 1 aromatic carbocycles. The Balaban J connectivity index is 2.43. The number of amides is 1. The first-order valence-corrected chi connectivity index (χ1v) is 7.30. The van der Waals surface area contributed by atoms with Crippen LogP contribution in [-0.2, 0) is 14.3 Å². The number of nitrogens with one attached hydrogen (secondary N) is 1. The highest BCUT2D eigenvalue weighted by Gasteiger charge is 2.14. The van der Waals surface area contributed by atoms with Gasteiger partial charge in [-0.05, 0) is 44.5 Å². The number of rotatable bonds is 7. The number of carbonyl (C=O) groups is 2. The van der Waals surface area contributed by atoms with E-state index in [2.05, 4.69) is 11.9 Å². The fourth-order valence-electron chi connectivity index (χ4n) is 1.63. The highest BCUT2D eigenvalue weighted by Crippen LogP contribution is 2.13. The van der Waals surface area contributed by atoms with Crippen molar-refractivity contribution in [1.82, 2.24) is 5.32 Å². The molecule has 0 aliphatic heterocycles. The molecular weight excluding hydrogens is 294 g/mol. The van der Waals surface area contributed by atoms with Gasteiger partial charge in [-0.25, -0.2) is 4.79 Å². The SMILES string of the molecule is C=CCOc1ccc(/C=C/C(=O)OCC(=O)NC(C)(C)C)cc1. The van der Waals surface area contributed by atoms with Gasteiger partial charge in [0.25, 0.3) is 5.91 Å². The Hall–Kier alpha value is -2.56. The minimum atomic E-state index is -0.568. The van der Waals surface area contributed by atoms with Gasteiger partial charge in [-0.2, -0.15) is 0 Å². The molecule has 5 nitrogen and oxygen atoms in total. The van der Waals surface area contributed by atoms with E-state index in [0.29, 0.717) is 6.61 Å². The molecule has 0 aliphatic rings. The van der Waals surface area contributed by atoms with Crippen molar-refractivity contribution in [3.8, 4) is 5.75 Å². The average Bonchev–Trinajstić information content (AvgIpc) is 2.48. The average molecular weight is 317 g/mol. The maximum atomic E-state index is 11.6. The zero-order chi connectivity index (χ0) is 17.3. The molecule has 5 heteroatoms. The molecule has 1 rings (SSSR count). The van der Waals surface area contributed by atoms with Crippen LogP contribution in [-0.4, -0.2) is 30.6 Å². The second kappa shape index (κ2) is 8.78. The molecule has 0 aromatic heterocycles. The third kappa shape index (κ3) is 8.46. The van der Waals surface area contributed by atoms with Crippen molar-refractivity contribution in [2.75, 3.05) is 13.2 Å². The Bertz CT molecular complexity index is 568. The van der Waals surface area contributed by atoms with Crippen molar-refractivity contribution in [2.45, 2.75) is 26.3 Å². The molecule has 0 radical (unpaired) electrons. The summed E-state index contributed by atoms with van der Waals surface area (Å²) in [7, 11) is 0. The van der Waals surface area contributed by atoms with Gasteiger partial charge in [0.15, 0.2) is 6.61 Å². The lowest BCUT2D eigenvalue weighted by atomic mass is 10.1. The maximum Gasteiger partial charge on any atom is 0.331 e. The largest absolute Gasteiger partial charge is 0.490 e. The Morgan fingerprint density at radius 3 is 2.43 bits per heavy atom. The third-order valence-corrected chi connectivity index (χ3v) is 2.52. The van der Waals surface area contributed by atoms with E-state index in [4.69, 9.17) is 9.47 Å². The van der Waals surface area contributed by atoms with Crippen molar-refractivity contribution < 1.29 is 19.1 Å². The lowest BCUT2D eigenvalue weighted by molar-refractivity contribution is -0.144. The van der Waals surface area contributed by atoms with Gasteiger partial charge in [0.05, 0.1) is 0 Å². The highest BCUT2D eigenvalue weighted by atomic mass is 16.5. The molecule has 23 heavy (non-hydrogen) atoms. The predicted octanol–water partition coefficient (Wildman–Crippen LogP) is 2.72. The Morgan fingerprint density at radius 1 is 1.22 bits per heavy atom. The minimum absolute atomic E-state index is 0.297. The second-order valence-electron chi connectivity index (χ2n) is 5.91. The molecule has 0 bridgehead atoms. The Labute approximate surface area is 137 Å². The van der Waals surface area contributed by atoms with Gasteiger partial charge in [-0.1, -0.05) is 24.8 Å². The van der Waals surface area contributed by atoms with Crippen LogP contribution in [0.3, 0.4) is 0 Å². The maximum absolute atomic E-state index is 11.6.